The molecule has 2 rings (SSSR count). The average Bonchev–Trinajstić information content (AvgIpc) is 2.64. The van der Waals surface area contributed by atoms with Gasteiger partial charge in [-0.1, -0.05) is 36.4 Å². The number of rotatable bonds is 2. The minimum absolute atomic E-state index is 0.618. The summed E-state index contributed by atoms with van der Waals surface area (Å²) in [5.41, 5.74) is 11.1. The molecule has 14 heavy (non-hydrogen) atoms. The molecule has 1 aromatic carbocycles. The Morgan fingerprint density at radius 3 is 2.71 bits per heavy atom. The lowest BCUT2D eigenvalue weighted by molar-refractivity contribution is 1.06. The van der Waals surface area contributed by atoms with Crippen LogP contribution in [0.4, 0.5) is 0 Å². The van der Waals surface area contributed by atoms with Crippen molar-refractivity contribution in [2.75, 3.05) is 0 Å². The van der Waals surface area contributed by atoms with Gasteiger partial charge in [-0.05, 0) is 35.6 Å². The Morgan fingerprint density at radius 1 is 1.29 bits per heavy atom. The van der Waals surface area contributed by atoms with Crippen LogP contribution in [0.5, 0.6) is 0 Å². The first-order chi connectivity index (χ1) is 6.83. The highest BCUT2D eigenvalue weighted by atomic mass is 14.5. The van der Waals surface area contributed by atoms with Crippen molar-refractivity contribution in [2.24, 2.45) is 5.73 Å². The fourth-order valence-corrected chi connectivity index (χ4v) is 1.93. The molecule has 2 N–H and O–H groups in total. The van der Waals surface area contributed by atoms with Crippen molar-refractivity contribution < 1.29 is 0 Å². The molecule has 0 fully saturated rings. The van der Waals surface area contributed by atoms with E-state index in [0.29, 0.717) is 6.54 Å². The van der Waals surface area contributed by atoms with E-state index in [9.17, 15) is 0 Å². The van der Waals surface area contributed by atoms with Gasteiger partial charge in [-0.15, -0.1) is 0 Å². The molecule has 1 nitrogen and oxygen atoms in total. The van der Waals surface area contributed by atoms with Crippen molar-refractivity contribution in [1.82, 2.24) is 0 Å². The molecule has 1 aliphatic carbocycles. The van der Waals surface area contributed by atoms with Gasteiger partial charge in [0, 0.05) is 6.54 Å². The maximum atomic E-state index is 5.72. The van der Waals surface area contributed by atoms with Crippen molar-refractivity contribution >= 4 is 5.57 Å². The van der Waals surface area contributed by atoms with Crippen LogP contribution in [-0.2, 0) is 6.54 Å². The van der Waals surface area contributed by atoms with E-state index in [-0.39, 0.29) is 0 Å². The third-order valence-corrected chi connectivity index (χ3v) is 2.73. The Hall–Kier alpha value is -1.34. The van der Waals surface area contributed by atoms with E-state index < -0.39 is 0 Å². The van der Waals surface area contributed by atoms with Crippen molar-refractivity contribution in [1.29, 1.82) is 0 Å². The Morgan fingerprint density at radius 2 is 2.07 bits per heavy atom. The van der Waals surface area contributed by atoms with Crippen molar-refractivity contribution in [3.05, 3.63) is 53.1 Å². The molecule has 0 radical (unpaired) electrons. The van der Waals surface area contributed by atoms with Crippen molar-refractivity contribution in [2.45, 2.75) is 19.9 Å². The summed E-state index contributed by atoms with van der Waals surface area (Å²) in [4.78, 5) is 0. The summed E-state index contributed by atoms with van der Waals surface area (Å²) in [6.45, 7) is 2.78. The lowest BCUT2D eigenvalue weighted by Gasteiger charge is -2.09. The Kier molecular flexibility index (Phi) is 2.51. The van der Waals surface area contributed by atoms with E-state index in [1.807, 2.05) is 6.07 Å². The zero-order chi connectivity index (χ0) is 9.97. The van der Waals surface area contributed by atoms with Crippen LogP contribution in [0.1, 0.15) is 24.5 Å². The SMILES string of the molecule is CC1=C(c2ccccc2CN)CC=C1. The van der Waals surface area contributed by atoms with Crippen LogP contribution >= 0.6 is 0 Å². The van der Waals surface area contributed by atoms with Gasteiger partial charge in [-0.3, -0.25) is 0 Å². The Balaban J connectivity index is 2.47. The first-order valence-electron chi connectivity index (χ1n) is 4.97. The molecule has 0 atom stereocenters. The molecule has 0 saturated carbocycles. The first-order valence-corrected chi connectivity index (χ1v) is 4.97. The number of allylic oxidation sites excluding steroid dienone is 4. The molecule has 1 heteroatoms. The van der Waals surface area contributed by atoms with Gasteiger partial charge in [0.25, 0.3) is 0 Å². The quantitative estimate of drug-likeness (QED) is 0.753. The second-order valence-electron chi connectivity index (χ2n) is 3.63. The highest BCUT2D eigenvalue weighted by molar-refractivity contribution is 5.76. The lowest BCUT2D eigenvalue weighted by atomic mass is 9.97. The van der Waals surface area contributed by atoms with Crippen molar-refractivity contribution in [3.8, 4) is 0 Å². The van der Waals surface area contributed by atoms with Gasteiger partial charge in [-0.25, -0.2) is 0 Å². The lowest BCUT2D eigenvalue weighted by Crippen LogP contribution is -2.00. The van der Waals surface area contributed by atoms with E-state index in [2.05, 4.69) is 37.3 Å². The number of nitrogens with two attached hydrogens (primary N) is 1. The second-order valence-corrected chi connectivity index (χ2v) is 3.63. The second kappa shape index (κ2) is 3.81. The summed E-state index contributed by atoms with van der Waals surface area (Å²) in [7, 11) is 0. The third kappa shape index (κ3) is 1.51. The first kappa shape index (κ1) is 9.22. The van der Waals surface area contributed by atoms with Crippen LogP contribution in [0.3, 0.4) is 0 Å². The van der Waals surface area contributed by atoms with E-state index >= 15 is 0 Å². The van der Waals surface area contributed by atoms with Gasteiger partial charge in [-0.2, -0.15) is 0 Å². The minimum Gasteiger partial charge on any atom is -0.326 e. The number of hydrogen-bond acceptors (Lipinski definition) is 1. The van der Waals surface area contributed by atoms with Gasteiger partial charge in [0.05, 0.1) is 0 Å². The highest BCUT2D eigenvalue weighted by Crippen LogP contribution is 2.30. The smallest absolute Gasteiger partial charge is 0.0184 e. The molecule has 0 unspecified atom stereocenters. The molecule has 1 aliphatic rings. The number of benzene rings is 1. The van der Waals surface area contributed by atoms with E-state index in [0.717, 1.165) is 6.42 Å². The fraction of sp³-hybridized carbons (Fsp3) is 0.231. The molecule has 0 amide bonds. The molecule has 0 heterocycles. The highest BCUT2D eigenvalue weighted by Gasteiger charge is 2.10. The van der Waals surface area contributed by atoms with Gasteiger partial charge >= 0.3 is 0 Å². The maximum Gasteiger partial charge on any atom is 0.0184 e. The van der Waals surface area contributed by atoms with Crippen LogP contribution in [0.25, 0.3) is 5.57 Å². The largest absolute Gasteiger partial charge is 0.326 e. The summed E-state index contributed by atoms with van der Waals surface area (Å²) < 4.78 is 0. The zero-order valence-electron chi connectivity index (χ0n) is 8.46. The zero-order valence-corrected chi connectivity index (χ0v) is 8.46. The summed E-state index contributed by atoms with van der Waals surface area (Å²) in [5.74, 6) is 0. The van der Waals surface area contributed by atoms with Gasteiger partial charge < -0.3 is 5.73 Å². The van der Waals surface area contributed by atoms with E-state index in [1.165, 1.54) is 22.3 Å². The van der Waals surface area contributed by atoms with Crippen LogP contribution < -0.4 is 5.73 Å². The molecule has 0 aliphatic heterocycles. The van der Waals surface area contributed by atoms with E-state index in [1.54, 1.807) is 0 Å². The van der Waals surface area contributed by atoms with Crippen molar-refractivity contribution in [3.63, 3.8) is 0 Å². The molecular formula is C13H15N. The van der Waals surface area contributed by atoms with Crippen LogP contribution in [0.2, 0.25) is 0 Å². The molecule has 0 spiro atoms. The third-order valence-electron chi connectivity index (χ3n) is 2.73. The molecule has 72 valence electrons. The predicted octanol–water partition coefficient (Wildman–Crippen LogP) is 2.88. The average molecular weight is 185 g/mol. The fourth-order valence-electron chi connectivity index (χ4n) is 1.93. The summed E-state index contributed by atoms with van der Waals surface area (Å²) in [5, 5.41) is 0. The number of hydrogen-bond donors (Lipinski definition) is 1. The maximum absolute atomic E-state index is 5.72. The predicted molar refractivity (Wildman–Crippen MR) is 60.7 cm³/mol. The van der Waals surface area contributed by atoms with Gasteiger partial charge in [0.15, 0.2) is 0 Å². The van der Waals surface area contributed by atoms with Crippen LogP contribution in [0, 0.1) is 0 Å². The van der Waals surface area contributed by atoms with Gasteiger partial charge in [0.1, 0.15) is 0 Å². The Labute approximate surface area is 84.9 Å². The summed E-state index contributed by atoms with van der Waals surface area (Å²) in [6.07, 6.45) is 5.43. The van der Waals surface area contributed by atoms with Crippen LogP contribution in [-0.4, -0.2) is 0 Å². The van der Waals surface area contributed by atoms with Crippen LogP contribution in [0.15, 0.2) is 42.0 Å². The molecular weight excluding hydrogens is 170 g/mol. The standard InChI is InChI=1S/C13H15N/c1-10-5-4-8-12(10)13-7-3-2-6-11(13)9-14/h2-7H,8-9,14H2,1H3. The monoisotopic (exact) mass is 185 g/mol. The summed E-state index contributed by atoms with van der Waals surface area (Å²) in [6, 6.07) is 8.39. The molecule has 1 aromatic rings. The summed E-state index contributed by atoms with van der Waals surface area (Å²) >= 11 is 0. The van der Waals surface area contributed by atoms with Gasteiger partial charge in [0.2, 0.25) is 0 Å². The Bertz CT molecular complexity index is 399. The van der Waals surface area contributed by atoms with E-state index in [4.69, 9.17) is 5.73 Å². The molecule has 0 bridgehead atoms. The normalized spacial score (nSPS) is 15.3. The minimum atomic E-state index is 0.618. The topological polar surface area (TPSA) is 26.0 Å². The molecule has 0 aromatic heterocycles. The molecule has 0 saturated heterocycles.